The number of ether oxygens (including phenoxy) is 3. The second kappa shape index (κ2) is 9.21. The normalized spacial score (nSPS) is 17.0. The summed E-state index contributed by atoms with van der Waals surface area (Å²) in [5.41, 5.74) is 3.44. The number of ketones is 1. The van der Waals surface area contributed by atoms with E-state index in [2.05, 4.69) is 5.32 Å². The maximum atomic E-state index is 13.1. The van der Waals surface area contributed by atoms with E-state index in [9.17, 15) is 4.79 Å². The first-order chi connectivity index (χ1) is 16.6. The van der Waals surface area contributed by atoms with Crippen LogP contribution in [0.1, 0.15) is 44.7 Å². The summed E-state index contributed by atoms with van der Waals surface area (Å²) in [4.78, 5) is 17.9. The monoisotopic (exact) mass is 460 g/mol. The maximum absolute atomic E-state index is 13.1. The number of benzene rings is 2. The lowest BCUT2D eigenvalue weighted by atomic mass is 9.85. The number of allylic oxidation sites excluding steroid dienone is 2. The molecule has 8 heteroatoms. The molecule has 0 saturated heterocycles. The Morgan fingerprint density at radius 3 is 2.56 bits per heavy atom. The van der Waals surface area contributed by atoms with Gasteiger partial charge in [0.2, 0.25) is 5.95 Å². The number of nitrogens with one attached hydrogen (secondary N) is 1. The molecule has 2 heterocycles. The number of rotatable bonds is 7. The lowest BCUT2D eigenvalue weighted by Gasteiger charge is -2.32. The molecule has 0 fully saturated rings. The average Bonchev–Trinajstić information content (AvgIpc) is 3.28. The molecule has 1 aromatic heterocycles. The van der Waals surface area contributed by atoms with Gasteiger partial charge in [-0.3, -0.25) is 4.79 Å². The van der Waals surface area contributed by atoms with Gasteiger partial charge in [0.1, 0.15) is 11.8 Å². The third-order valence-electron chi connectivity index (χ3n) is 6.09. The Bertz CT molecular complexity index is 1250. The van der Waals surface area contributed by atoms with E-state index < -0.39 is 6.04 Å². The SMILES string of the molecule is CCOc1ccc(-c2nc3n(n2)C(c2ccc(OCC)c(OC)c2)C2=C(CCCC2=O)N3)cc1. The molecule has 34 heavy (non-hydrogen) atoms. The van der Waals surface area contributed by atoms with E-state index >= 15 is 0 Å². The van der Waals surface area contributed by atoms with Crippen LogP contribution in [0.15, 0.2) is 53.7 Å². The summed E-state index contributed by atoms with van der Waals surface area (Å²) in [6, 6.07) is 13.1. The first-order valence-electron chi connectivity index (χ1n) is 11.7. The third-order valence-corrected chi connectivity index (χ3v) is 6.09. The topological polar surface area (TPSA) is 87.5 Å². The number of aromatic nitrogens is 3. The first-order valence-corrected chi connectivity index (χ1v) is 11.7. The Balaban J connectivity index is 1.60. The Hall–Kier alpha value is -3.81. The van der Waals surface area contributed by atoms with Gasteiger partial charge in [0, 0.05) is 23.3 Å². The van der Waals surface area contributed by atoms with Crippen molar-refractivity contribution in [2.45, 2.75) is 39.2 Å². The molecule has 2 aromatic carbocycles. The molecular weight excluding hydrogens is 432 g/mol. The standard InChI is InChI=1S/C26H28N4O4/c1-4-33-18-12-9-16(10-13-18)25-28-26-27-19-7-6-8-20(31)23(19)24(30(26)29-25)17-11-14-21(34-5-2)22(15-17)32-3/h9-15,24H,4-8H2,1-3H3,(H,27,28,29). The highest BCUT2D eigenvalue weighted by atomic mass is 16.5. The number of anilines is 1. The maximum Gasteiger partial charge on any atom is 0.226 e. The number of carbonyl (C=O) groups excluding carboxylic acids is 1. The molecule has 2 aliphatic rings. The molecule has 0 spiro atoms. The zero-order valence-electron chi connectivity index (χ0n) is 19.6. The highest BCUT2D eigenvalue weighted by molar-refractivity contribution is 5.99. The Morgan fingerprint density at radius 1 is 1.03 bits per heavy atom. The van der Waals surface area contributed by atoms with Gasteiger partial charge in [-0.25, -0.2) is 4.68 Å². The molecule has 1 aliphatic carbocycles. The summed E-state index contributed by atoms with van der Waals surface area (Å²) in [7, 11) is 1.62. The van der Waals surface area contributed by atoms with Crippen LogP contribution in [0.3, 0.4) is 0 Å². The van der Waals surface area contributed by atoms with E-state index in [1.165, 1.54) is 0 Å². The Labute approximate surface area is 198 Å². The number of Topliss-reactive ketones (excluding diaryl/α,β-unsaturated/α-hetero) is 1. The smallest absolute Gasteiger partial charge is 0.226 e. The molecule has 0 radical (unpaired) electrons. The van der Waals surface area contributed by atoms with Crippen LogP contribution >= 0.6 is 0 Å². The number of hydrogen-bond donors (Lipinski definition) is 1. The number of fused-ring (bicyclic) bond motifs is 1. The first kappa shape index (κ1) is 22.0. The van der Waals surface area contributed by atoms with Crippen molar-refractivity contribution in [3.8, 4) is 28.6 Å². The number of carbonyl (C=O) groups is 1. The van der Waals surface area contributed by atoms with Crippen LogP contribution in [0.25, 0.3) is 11.4 Å². The summed E-state index contributed by atoms with van der Waals surface area (Å²) < 4.78 is 18.6. The molecule has 1 atom stereocenters. The van der Waals surface area contributed by atoms with Crippen LogP contribution in [-0.4, -0.2) is 40.9 Å². The van der Waals surface area contributed by atoms with Crippen molar-refractivity contribution < 1.29 is 19.0 Å². The molecular formula is C26H28N4O4. The number of hydrogen-bond acceptors (Lipinski definition) is 7. The van der Waals surface area contributed by atoms with Crippen LogP contribution in [-0.2, 0) is 4.79 Å². The number of nitrogens with zero attached hydrogens (tertiary/aromatic N) is 3. The van der Waals surface area contributed by atoms with Gasteiger partial charge >= 0.3 is 0 Å². The van der Waals surface area contributed by atoms with Gasteiger partial charge in [0.15, 0.2) is 23.1 Å². The van der Waals surface area contributed by atoms with Gasteiger partial charge in [-0.1, -0.05) is 6.07 Å². The minimum atomic E-state index is -0.396. The second-order valence-corrected chi connectivity index (χ2v) is 8.20. The van der Waals surface area contributed by atoms with Crippen molar-refractivity contribution in [1.82, 2.24) is 14.8 Å². The Kier molecular flexibility index (Phi) is 5.96. The largest absolute Gasteiger partial charge is 0.494 e. The third kappa shape index (κ3) is 3.89. The number of methoxy groups -OCH3 is 1. The molecule has 1 unspecified atom stereocenters. The van der Waals surface area contributed by atoms with Gasteiger partial charge < -0.3 is 19.5 Å². The molecule has 0 saturated carbocycles. The molecule has 0 amide bonds. The minimum Gasteiger partial charge on any atom is -0.494 e. The molecule has 1 N–H and O–H groups in total. The predicted molar refractivity (Wildman–Crippen MR) is 128 cm³/mol. The second-order valence-electron chi connectivity index (χ2n) is 8.20. The molecule has 176 valence electrons. The van der Waals surface area contributed by atoms with E-state index in [-0.39, 0.29) is 5.78 Å². The molecule has 3 aromatic rings. The fourth-order valence-electron chi connectivity index (χ4n) is 4.58. The van der Waals surface area contributed by atoms with Crippen LogP contribution in [0, 0.1) is 0 Å². The summed E-state index contributed by atoms with van der Waals surface area (Å²) in [6.07, 6.45) is 2.15. The van der Waals surface area contributed by atoms with Gasteiger partial charge in [0.05, 0.1) is 20.3 Å². The van der Waals surface area contributed by atoms with Crippen LogP contribution in [0.4, 0.5) is 5.95 Å². The van der Waals surface area contributed by atoms with Crippen molar-refractivity contribution in [2.24, 2.45) is 0 Å². The quantitative estimate of drug-likeness (QED) is 0.543. The predicted octanol–water partition coefficient (Wildman–Crippen LogP) is 4.77. The fourth-order valence-corrected chi connectivity index (χ4v) is 4.58. The van der Waals surface area contributed by atoms with Gasteiger partial charge in [0.25, 0.3) is 0 Å². The highest BCUT2D eigenvalue weighted by Crippen LogP contribution is 2.42. The van der Waals surface area contributed by atoms with E-state index in [0.29, 0.717) is 42.9 Å². The zero-order chi connectivity index (χ0) is 23.7. The summed E-state index contributed by atoms with van der Waals surface area (Å²) in [6.45, 7) is 5.03. The molecule has 0 bridgehead atoms. The molecule has 1 aliphatic heterocycles. The van der Waals surface area contributed by atoms with Crippen molar-refractivity contribution in [3.63, 3.8) is 0 Å². The lowest BCUT2D eigenvalue weighted by molar-refractivity contribution is -0.116. The van der Waals surface area contributed by atoms with Gasteiger partial charge in [-0.05, 0) is 68.7 Å². The van der Waals surface area contributed by atoms with E-state index in [1.54, 1.807) is 7.11 Å². The van der Waals surface area contributed by atoms with Crippen LogP contribution < -0.4 is 19.5 Å². The minimum absolute atomic E-state index is 0.135. The molecule has 8 nitrogen and oxygen atoms in total. The van der Waals surface area contributed by atoms with E-state index in [4.69, 9.17) is 24.3 Å². The van der Waals surface area contributed by atoms with Crippen LogP contribution in [0.5, 0.6) is 17.2 Å². The van der Waals surface area contributed by atoms with Crippen molar-refractivity contribution in [1.29, 1.82) is 0 Å². The highest BCUT2D eigenvalue weighted by Gasteiger charge is 2.37. The van der Waals surface area contributed by atoms with Gasteiger partial charge in [-0.15, -0.1) is 5.10 Å². The average molecular weight is 461 g/mol. The van der Waals surface area contributed by atoms with Gasteiger partial charge in [-0.2, -0.15) is 4.98 Å². The summed E-state index contributed by atoms with van der Waals surface area (Å²) >= 11 is 0. The van der Waals surface area contributed by atoms with E-state index in [1.807, 2.05) is 61.0 Å². The van der Waals surface area contributed by atoms with Crippen molar-refractivity contribution in [2.75, 3.05) is 25.6 Å². The van der Waals surface area contributed by atoms with Crippen LogP contribution in [0.2, 0.25) is 0 Å². The van der Waals surface area contributed by atoms with E-state index in [0.717, 1.165) is 41.0 Å². The summed E-state index contributed by atoms with van der Waals surface area (Å²) in [5, 5.41) is 8.22. The molecule has 5 rings (SSSR count). The summed E-state index contributed by atoms with van der Waals surface area (Å²) in [5.74, 6) is 3.43. The lowest BCUT2D eigenvalue weighted by Crippen LogP contribution is -2.31. The van der Waals surface area contributed by atoms with Crippen molar-refractivity contribution in [3.05, 3.63) is 59.3 Å². The zero-order valence-corrected chi connectivity index (χ0v) is 19.6. The van der Waals surface area contributed by atoms with Crippen molar-refractivity contribution >= 4 is 11.7 Å². The fraction of sp³-hybridized carbons (Fsp3) is 0.346. The Morgan fingerprint density at radius 2 is 1.82 bits per heavy atom.